The number of likely N-dealkylation sites (N-methyl/N-ethyl adjacent to an activating group) is 1. The highest BCUT2D eigenvalue weighted by molar-refractivity contribution is 6.09. The second-order valence-electron chi connectivity index (χ2n) is 13.1. The molecule has 1 aromatic carbocycles. The van der Waals surface area contributed by atoms with Gasteiger partial charge in [-0.3, -0.25) is 14.5 Å². The number of piperazine rings is 1. The molecule has 8 heteroatoms. The topological polar surface area (TPSA) is 94.9 Å². The molecule has 1 saturated carbocycles. The van der Waals surface area contributed by atoms with E-state index >= 15 is 0 Å². The summed E-state index contributed by atoms with van der Waals surface area (Å²) in [5.41, 5.74) is -1.41. The van der Waals surface area contributed by atoms with E-state index < -0.39 is 27.5 Å². The fraction of sp³-hybridized carbons (Fsp3) is 0.621. The van der Waals surface area contributed by atoms with Gasteiger partial charge in [-0.15, -0.1) is 0 Å². The van der Waals surface area contributed by atoms with Crippen LogP contribution in [0.5, 0.6) is 11.5 Å². The Morgan fingerprint density at radius 2 is 1.97 bits per heavy atom. The number of piperidine rings is 3. The zero-order chi connectivity index (χ0) is 26.2. The van der Waals surface area contributed by atoms with E-state index in [4.69, 9.17) is 9.47 Å². The van der Waals surface area contributed by atoms with Crippen LogP contribution >= 0.6 is 0 Å². The van der Waals surface area contributed by atoms with Gasteiger partial charge < -0.3 is 19.7 Å². The summed E-state index contributed by atoms with van der Waals surface area (Å²) in [5.74, 6) is 1.31. The van der Waals surface area contributed by atoms with Gasteiger partial charge in [0.25, 0.3) is 0 Å². The van der Waals surface area contributed by atoms with Gasteiger partial charge in [0.05, 0.1) is 35.0 Å². The van der Waals surface area contributed by atoms with Crippen molar-refractivity contribution in [3.8, 4) is 17.6 Å². The molecule has 1 N–H and O–H groups in total. The maximum absolute atomic E-state index is 14.2. The fourth-order valence-electron chi connectivity index (χ4n) is 9.10. The number of amides is 2. The Morgan fingerprint density at radius 1 is 1.19 bits per heavy atom. The first-order valence-corrected chi connectivity index (χ1v) is 13.4. The molecule has 0 radical (unpaired) electrons. The van der Waals surface area contributed by atoms with Crippen LogP contribution in [0.4, 0.5) is 5.69 Å². The van der Waals surface area contributed by atoms with Crippen molar-refractivity contribution in [2.75, 3.05) is 18.9 Å². The molecule has 6 heterocycles. The number of nitrogens with one attached hydrogen (secondary N) is 1. The standard InChI is InChI=1S/C29H34N4O4/c1-25(2)11-12-36-22-19(37-25)9-8-18-21(22)31-23(34)29(18)15-28-16-33-17(14-30)7-6-10-27(33,24(35)32(28)5)13-20(28)26(29,3)4/h8-9,11-12,17,20H,6-7,10,13,15-16H2,1-5H3,(H,31,34)/t17-,20+,27+,28-,29-/m1/s1. The molecule has 5 atom stereocenters. The summed E-state index contributed by atoms with van der Waals surface area (Å²) in [5, 5.41) is 13.2. The molecule has 194 valence electrons. The van der Waals surface area contributed by atoms with E-state index in [2.05, 4.69) is 30.1 Å². The molecule has 2 amide bonds. The third-order valence-electron chi connectivity index (χ3n) is 10.9. The number of carbonyl (C=O) groups excluding carboxylic acids is 2. The Morgan fingerprint density at radius 3 is 2.73 bits per heavy atom. The maximum Gasteiger partial charge on any atom is 0.243 e. The molecule has 2 bridgehead atoms. The minimum Gasteiger partial charge on any atom is -0.480 e. The highest BCUT2D eigenvalue weighted by Gasteiger charge is 2.79. The van der Waals surface area contributed by atoms with Crippen molar-refractivity contribution in [2.24, 2.45) is 11.3 Å². The van der Waals surface area contributed by atoms with Gasteiger partial charge in [-0.05, 0) is 75.0 Å². The zero-order valence-electron chi connectivity index (χ0n) is 22.2. The first-order valence-electron chi connectivity index (χ1n) is 13.4. The van der Waals surface area contributed by atoms with Crippen molar-refractivity contribution in [3.63, 3.8) is 0 Å². The minimum absolute atomic E-state index is 0.0441. The highest BCUT2D eigenvalue weighted by Crippen LogP contribution is 2.72. The van der Waals surface area contributed by atoms with Crippen LogP contribution in [0.25, 0.3) is 0 Å². The lowest BCUT2D eigenvalue weighted by molar-refractivity contribution is -0.200. The average Bonchev–Trinajstić information content (AvgIpc) is 3.16. The van der Waals surface area contributed by atoms with Crippen molar-refractivity contribution in [1.29, 1.82) is 5.26 Å². The predicted molar refractivity (Wildman–Crippen MR) is 136 cm³/mol. The van der Waals surface area contributed by atoms with Crippen LogP contribution in [-0.4, -0.2) is 57.9 Å². The van der Waals surface area contributed by atoms with E-state index in [-0.39, 0.29) is 23.8 Å². The average molecular weight is 503 g/mol. The Bertz CT molecular complexity index is 1340. The van der Waals surface area contributed by atoms with E-state index in [1.807, 2.05) is 44.0 Å². The van der Waals surface area contributed by atoms with E-state index in [0.29, 0.717) is 36.6 Å². The highest BCUT2D eigenvalue weighted by atomic mass is 16.5. The lowest BCUT2D eigenvalue weighted by Crippen LogP contribution is -2.82. The number of hydrogen-bond acceptors (Lipinski definition) is 6. The van der Waals surface area contributed by atoms with Crippen LogP contribution in [0.15, 0.2) is 24.5 Å². The van der Waals surface area contributed by atoms with Gasteiger partial charge in [0.1, 0.15) is 11.1 Å². The minimum atomic E-state index is -0.840. The van der Waals surface area contributed by atoms with E-state index in [9.17, 15) is 14.9 Å². The number of benzene rings is 1. The third kappa shape index (κ3) is 2.43. The Kier molecular flexibility index (Phi) is 4.17. The van der Waals surface area contributed by atoms with E-state index in [0.717, 1.165) is 24.8 Å². The molecule has 4 saturated heterocycles. The summed E-state index contributed by atoms with van der Waals surface area (Å²) in [6.07, 6.45) is 7.14. The normalized spacial score (nSPS) is 40.1. The molecule has 1 aliphatic carbocycles. The molecule has 8 nitrogen and oxygen atoms in total. The monoisotopic (exact) mass is 502 g/mol. The summed E-state index contributed by atoms with van der Waals surface area (Å²) in [6.45, 7) is 8.97. The number of carbonyl (C=O) groups is 2. The van der Waals surface area contributed by atoms with Gasteiger partial charge in [0, 0.05) is 13.6 Å². The number of ether oxygens (including phenoxy) is 2. The molecule has 6 aliphatic heterocycles. The van der Waals surface area contributed by atoms with Gasteiger partial charge in [0.15, 0.2) is 11.5 Å². The number of anilines is 1. The van der Waals surface area contributed by atoms with Crippen molar-refractivity contribution < 1.29 is 19.1 Å². The van der Waals surface area contributed by atoms with Crippen molar-refractivity contribution >= 4 is 17.5 Å². The molecule has 3 spiro atoms. The first-order chi connectivity index (χ1) is 17.4. The smallest absolute Gasteiger partial charge is 0.243 e. The third-order valence-corrected chi connectivity index (χ3v) is 10.9. The first kappa shape index (κ1) is 23.1. The Hall–Kier alpha value is -3.05. The van der Waals surface area contributed by atoms with Crippen molar-refractivity contribution in [2.45, 2.75) is 87.9 Å². The maximum atomic E-state index is 14.2. The van der Waals surface area contributed by atoms with Gasteiger partial charge >= 0.3 is 0 Å². The zero-order valence-corrected chi connectivity index (χ0v) is 22.2. The molecule has 8 rings (SSSR count). The molecular formula is C29H34N4O4. The SMILES string of the molecule is CN1C(=O)[C@@]23CCC[C@H](C#N)N2C[C@@]12C[C@@]1(C(=O)Nc4c1ccc1c4OC=CC(C)(C)O1)C(C)(C)[C@@H]2C3. The number of hydrogen-bond donors (Lipinski definition) is 1. The molecule has 0 aromatic heterocycles. The number of rotatable bonds is 0. The molecule has 7 aliphatic rings. The number of nitriles is 1. The lowest BCUT2D eigenvalue weighted by atomic mass is 9.56. The summed E-state index contributed by atoms with van der Waals surface area (Å²) in [4.78, 5) is 32.4. The van der Waals surface area contributed by atoms with Gasteiger partial charge in [-0.25, -0.2) is 0 Å². The number of fused-ring (bicyclic) bond motifs is 5. The van der Waals surface area contributed by atoms with Gasteiger partial charge in [0.2, 0.25) is 11.8 Å². The molecule has 1 aromatic rings. The predicted octanol–water partition coefficient (Wildman–Crippen LogP) is 3.72. The summed E-state index contributed by atoms with van der Waals surface area (Å²) < 4.78 is 12.3. The Balaban J connectivity index is 1.41. The van der Waals surface area contributed by atoms with Crippen LogP contribution in [0, 0.1) is 22.7 Å². The number of nitrogens with zero attached hydrogens (tertiary/aromatic N) is 3. The summed E-state index contributed by atoms with van der Waals surface area (Å²) in [6, 6.07) is 6.16. The summed E-state index contributed by atoms with van der Waals surface area (Å²) >= 11 is 0. The van der Waals surface area contributed by atoms with Crippen LogP contribution in [0.3, 0.4) is 0 Å². The van der Waals surface area contributed by atoms with Crippen molar-refractivity contribution in [1.82, 2.24) is 9.80 Å². The second kappa shape index (κ2) is 6.68. The second-order valence-corrected chi connectivity index (χ2v) is 13.1. The van der Waals surface area contributed by atoms with Crippen LogP contribution in [0.2, 0.25) is 0 Å². The fourth-order valence-corrected chi connectivity index (χ4v) is 9.10. The summed E-state index contributed by atoms with van der Waals surface area (Å²) in [7, 11) is 1.92. The largest absolute Gasteiger partial charge is 0.480 e. The van der Waals surface area contributed by atoms with Crippen LogP contribution < -0.4 is 14.8 Å². The lowest BCUT2D eigenvalue weighted by Gasteiger charge is -2.67. The Labute approximate surface area is 217 Å². The molecular weight excluding hydrogens is 468 g/mol. The van der Waals surface area contributed by atoms with Gasteiger partial charge in [-0.2, -0.15) is 5.26 Å². The van der Waals surface area contributed by atoms with E-state index in [1.54, 1.807) is 6.26 Å². The van der Waals surface area contributed by atoms with Crippen LogP contribution in [-0.2, 0) is 15.0 Å². The van der Waals surface area contributed by atoms with Crippen LogP contribution in [0.1, 0.15) is 65.4 Å². The van der Waals surface area contributed by atoms with Gasteiger partial charge in [-0.1, -0.05) is 19.9 Å². The molecule has 0 unspecified atom stereocenters. The van der Waals surface area contributed by atoms with E-state index in [1.165, 1.54) is 0 Å². The molecule has 37 heavy (non-hydrogen) atoms. The molecule has 5 fully saturated rings. The quantitative estimate of drug-likeness (QED) is 0.581. The van der Waals surface area contributed by atoms with Crippen molar-refractivity contribution in [3.05, 3.63) is 30.0 Å².